The number of aromatic nitrogens is 1. The highest BCUT2D eigenvalue weighted by atomic mass is 19.3. The lowest BCUT2D eigenvalue weighted by Crippen LogP contribution is -2.43. The molecule has 2 heterocycles. The average molecular weight is 241 g/mol. The van der Waals surface area contributed by atoms with Crippen molar-refractivity contribution in [1.29, 1.82) is 0 Å². The predicted octanol–water partition coefficient (Wildman–Crippen LogP) is 1.91. The maximum Gasteiger partial charge on any atom is 0.250 e. The van der Waals surface area contributed by atoms with Crippen LogP contribution in [0.25, 0.3) is 0 Å². The van der Waals surface area contributed by atoms with Crippen molar-refractivity contribution >= 4 is 5.69 Å². The first-order valence-corrected chi connectivity index (χ1v) is 5.92. The number of anilines is 1. The summed E-state index contributed by atoms with van der Waals surface area (Å²) in [6, 6.07) is 4.18. The summed E-state index contributed by atoms with van der Waals surface area (Å²) in [5, 5.41) is 2.90. The van der Waals surface area contributed by atoms with Crippen LogP contribution >= 0.6 is 0 Å². The van der Waals surface area contributed by atoms with Crippen molar-refractivity contribution < 1.29 is 8.78 Å². The molecule has 1 saturated heterocycles. The lowest BCUT2D eigenvalue weighted by atomic mass is 10.0. The standard InChI is InChI=1S/C12H17F2N3/c13-12(14)9-16-10-3-7-17(8-4-10)11-1-5-15-6-2-11/h1-2,5-6,10,12,16H,3-4,7-9H2. The second kappa shape index (κ2) is 5.91. The third-order valence-electron chi connectivity index (χ3n) is 3.08. The molecule has 3 nitrogen and oxygen atoms in total. The molecule has 1 aliphatic rings. The van der Waals surface area contributed by atoms with Crippen molar-refractivity contribution in [1.82, 2.24) is 10.3 Å². The highest BCUT2D eigenvalue weighted by Crippen LogP contribution is 2.18. The summed E-state index contributed by atoms with van der Waals surface area (Å²) in [6.45, 7) is 1.62. The van der Waals surface area contributed by atoms with E-state index in [4.69, 9.17) is 0 Å². The maximum absolute atomic E-state index is 12.1. The molecule has 0 bridgehead atoms. The Labute approximate surface area is 99.8 Å². The summed E-state index contributed by atoms with van der Waals surface area (Å²) in [7, 11) is 0. The minimum absolute atomic E-state index is 0.195. The first kappa shape index (κ1) is 12.2. The van der Waals surface area contributed by atoms with Crippen LogP contribution in [-0.2, 0) is 0 Å². The summed E-state index contributed by atoms with van der Waals surface area (Å²) in [5.74, 6) is 0. The zero-order chi connectivity index (χ0) is 12.1. The molecule has 94 valence electrons. The van der Waals surface area contributed by atoms with E-state index in [9.17, 15) is 8.78 Å². The van der Waals surface area contributed by atoms with Gasteiger partial charge in [0.25, 0.3) is 6.43 Å². The third-order valence-corrected chi connectivity index (χ3v) is 3.08. The Morgan fingerprint density at radius 1 is 1.29 bits per heavy atom. The van der Waals surface area contributed by atoms with Crippen molar-refractivity contribution in [3.05, 3.63) is 24.5 Å². The van der Waals surface area contributed by atoms with Crippen LogP contribution in [0, 0.1) is 0 Å². The molecule has 0 spiro atoms. The molecule has 2 rings (SSSR count). The molecule has 1 aromatic heterocycles. The molecule has 1 aromatic rings. The van der Waals surface area contributed by atoms with Crippen LogP contribution in [0.5, 0.6) is 0 Å². The highest BCUT2D eigenvalue weighted by molar-refractivity contribution is 5.44. The van der Waals surface area contributed by atoms with Crippen LogP contribution in [0.1, 0.15) is 12.8 Å². The monoisotopic (exact) mass is 241 g/mol. The molecule has 0 aliphatic carbocycles. The summed E-state index contributed by atoms with van der Waals surface area (Å²) in [5.41, 5.74) is 1.16. The van der Waals surface area contributed by atoms with Gasteiger partial charge in [0.1, 0.15) is 0 Å². The van der Waals surface area contributed by atoms with Crippen molar-refractivity contribution in [3.8, 4) is 0 Å². The number of piperidine rings is 1. The fourth-order valence-corrected chi connectivity index (χ4v) is 2.15. The second-order valence-electron chi connectivity index (χ2n) is 4.27. The fraction of sp³-hybridized carbons (Fsp3) is 0.583. The Morgan fingerprint density at radius 2 is 1.94 bits per heavy atom. The molecule has 17 heavy (non-hydrogen) atoms. The average Bonchev–Trinajstić information content (AvgIpc) is 2.38. The molecule has 0 aromatic carbocycles. The Hall–Kier alpha value is -1.23. The minimum Gasteiger partial charge on any atom is -0.371 e. The lowest BCUT2D eigenvalue weighted by molar-refractivity contribution is 0.139. The van der Waals surface area contributed by atoms with E-state index < -0.39 is 6.43 Å². The molecule has 1 fully saturated rings. The zero-order valence-electron chi connectivity index (χ0n) is 9.65. The molecule has 0 atom stereocenters. The Bertz CT molecular complexity index is 324. The smallest absolute Gasteiger partial charge is 0.250 e. The predicted molar refractivity (Wildman–Crippen MR) is 63.5 cm³/mol. The Morgan fingerprint density at radius 3 is 2.53 bits per heavy atom. The number of hydrogen-bond acceptors (Lipinski definition) is 3. The van der Waals surface area contributed by atoms with Gasteiger partial charge in [-0.05, 0) is 25.0 Å². The first-order valence-electron chi connectivity index (χ1n) is 5.92. The number of rotatable bonds is 4. The zero-order valence-corrected chi connectivity index (χ0v) is 9.65. The van der Waals surface area contributed by atoms with E-state index >= 15 is 0 Å². The van der Waals surface area contributed by atoms with Crippen LogP contribution in [-0.4, -0.2) is 37.1 Å². The Balaban J connectivity index is 1.78. The van der Waals surface area contributed by atoms with Gasteiger partial charge < -0.3 is 10.2 Å². The lowest BCUT2D eigenvalue weighted by Gasteiger charge is -2.33. The van der Waals surface area contributed by atoms with Crippen molar-refractivity contribution in [2.45, 2.75) is 25.3 Å². The molecular formula is C12H17F2N3. The largest absolute Gasteiger partial charge is 0.371 e. The molecule has 5 heteroatoms. The maximum atomic E-state index is 12.1. The van der Waals surface area contributed by atoms with Gasteiger partial charge in [0, 0.05) is 37.2 Å². The topological polar surface area (TPSA) is 28.2 Å². The van der Waals surface area contributed by atoms with Gasteiger partial charge in [-0.2, -0.15) is 0 Å². The van der Waals surface area contributed by atoms with E-state index in [1.54, 1.807) is 12.4 Å². The van der Waals surface area contributed by atoms with E-state index in [2.05, 4.69) is 15.2 Å². The van der Waals surface area contributed by atoms with Gasteiger partial charge in [-0.3, -0.25) is 4.98 Å². The van der Waals surface area contributed by atoms with Crippen LogP contribution in [0.2, 0.25) is 0 Å². The van der Waals surface area contributed by atoms with Crippen molar-refractivity contribution in [2.75, 3.05) is 24.5 Å². The molecule has 0 amide bonds. The normalized spacial score (nSPS) is 17.7. The quantitative estimate of drug-likeness (QED) is 0.872. The number of halogens is 2. The SMILES string of the molecule is FC(F)CNC1CCN(c2ccncc2)CC1. The van der Waals surface area contributed by atoms with Crippen LogP contribution in [0.4, 0.5) is 14.5 Å². The Kier molecular flexibility index (Phi) is 4.25. The van der Waals surface area contributed by atoms with Crippen molar-refractivity contribution in [2.24, 2.45) is 0 Å². The van der Waals surface area contributed by atoms with Crippen LogP contribution in [0.3, 0.4) is 0 Å². The number of nitrogens with one attached hydrogen (secondary N) is 1. The number of nitrogens with zero attached hydrogens (tertiary/aromatic N) is 2. The van der Waals surface area contributed by atoms with Gasteiger partial charge in [0.05, 0.1) is 6.54 Å². The van der Waals surface area contributed by atoms with E-state index in [1.165, 1.54) is 0 Å². The van der Waals surface area contributed by atoms with Crippen molar-refractivity contribution in [3.63, 3.8) is 0 Å². The van der Waals surface area contributed by atoms with E-state index in [0.717, 1.165) is 31.6 Å². The van der Waals surface area contributed by atoms with Gasteiger partial charge in [0.15, 0.2) is 0 Å². The number of alkyl halides is 2. The molecule has 0 saturated carbocycles. The summed E-state index contributed by atoms with van der Waals surface area (Å²) in [6.07, 6.45) is 3.12. The first-order chi connectivity index (χ1) is 8.25. The van der Waals surface area contributed by atoms with E-state index in [1.807, 2.05) is 12.1 Å². The van der Waals surface area contributed by atoms with Gasteiger partial charge in [-0.1, -0.05) is 0 Å². The minimum atomic E-state index is -2.26. The number of hydrogen-bond donors (Lipinski definition) is 1. The van der Waals surface area contributed by atoms with Crippen LogP contribution in [0.15, 0.2) is 24.5 Å². The molecule has 1 N–H and O–H groups in total. The summed E-state index contributed by atoms with van der Waals surface area (Å²) < 4.78 is 24.1. The van der Waals surface area contributed by atoms with Gasteiger partial charge in [-0.25, -0.2) is 8.78 Å². The van der Waals surface area contributed by atoms with E-state index in [-0.39, 0.29) is 12.6 Å². The second-order valence-corrected chi connectivity index (χ2v) is 4.27. The van der Waals surface area contributed by atoms with Crippen LogP contribution < -0.4 is 10.2 Å². The number of pyridine rings is 1. The molecule has 1 aliphatic heterocycles. The van der Waals surface area contributed by atoms with E-state index in [0.29, 0.717) is 0 Å². The summed E-state index contributed by atoms with van der Waals surface area (Å²) >= 11 is 0. The molecule has 0 radical (unpaired) electrons. The molecular weight excluding hydrogens is 224 g/mol. The van der Waals surface area contributed by atoms with Gasteiger partial charge in [0.2, 0.25) is 0 Å². The fourth-order valence-electron chi connectivity index (χ4n) is 2.15. The highest BCUT2D eigenvalue weighted by Gasteiger charge is 2.19. The van der Waals surface area contributed by atoms with Gasteiger partial charge >= 0.3 is 0 Å². The summed E-state index contributed by atoms with van der Waals surface area (Å²) in [4.78, 5) is 6.25. The molecule has 0 unspecified atom stereocenters. The third kappa shape index (κ3) is 3.63. The van der Waals surface area contributed by atoms with Gasteiger partial charge in [-0.15, -0.1) is 0 Å².